The van der Waals surface area contributed by atoms with Crippen LogP contribution in [0.25, 0.3) is 0 Å². The highest BCUT2D eigenvalue weighted by Gasteiger charge is 2.37. The monoisotopic (exact) mass is 240 g/mol. The molecule has 94 valence electrons. The first-order valence-electron chi connectivity index (χ1n) is 6.18. The zero-order valence-corrected chi connectivity index (χ0v) is 10.0. The smallest absolute Gasteiger partial charge is 0.129 e. The van der Waals surface area contributed by atoms with Crippen molar-refractivity contribution in [1.29, 1.82) is 0 Å². The Labute approximate surface area is 100 Å². The van der Waals surface area contributed by atoms with Gasteiger partial charge < -0.3 is 5.11 Å². The van der Waals surface area contributed by atoms with Gasteiger partial charge in [-0.05, 0) is 30.9 Å². The van der Waals surface area contributed by atoms with Crippen LogP contribution in [0.5, 0.6) is 0 Å². The molecule has 1 aliphatic rings. The predicted octanol–water partition coefficient (Wildman–Crippen LogP) is 3.45. The van der Waals surface area contributed by atoms with E-state index in [1.807, 2.05) is 6.92 Å². The molecular weight excluding hydrogens is 222 g/mol. The van der Waals surface area contributed by atoms with Crippen molar-refractivity contribution in [2.75, 3.05) is 0 Å². The van der Waals surface area contributed by atoms with E-state index in [1.165, 1.54) is 18.2 Å². The second-order valence-corrected chi connectivity index (χ2v) is 5.13. The number of rotatable bonds is 2. The van der Waals surface area contributed by atoms with Gasteiger partial charge in [0, 0.05) is 12.0 Å². The molecule has 0 radical (unpaired) electrons. The van der Waals surface area contributed by atoms with Gasteiger partial charge in [0.15, 0.2) is 0 Å². The molecule has 1 N–H and O–H groups in total. The summed E-state index contributed by atoms with van der Waals surface area (Å²) in [7, 11) is 0. The number of benzene rings is 1. The average Bonchev–Trinajstić information content (AvgIpc) is 2.28. The van der Waals surface area contributed by atoms with Crippen LogP contribution in [-0.2, 0) is 6.42 Å². The first kappa shape index (κ1) is 12.5. The van der Waals surface area contributed by atoms with Crippen LogP contribution < -0.4 is 0 Å². The highest BCUT2D eigenvalue weighted by molar-refractivity contribution is 5.22. The molecule has 1 aliphatic carbocycles. The fourth-order valence-corrected chi connectivity index (χ4v) is 2.67. The Kier molecular flexibility index (Phi) is 3.48. The SMILES string of the molecule is CC1CCCCC1(O)Cc1c(F)cccc1F. The summed E-state index contributed by atoms with van der Waals surface area (Å²) >= 11 is 0. The van der Waals surface area contributed by atoms with E-state index in [9.17, 15) is 13.9 Å². The molecule has 1 nitrogen and oxygen atoms in total. The molecule has 0 amide bonds. The number of hydrogen-bond donors (Lipinski definition) is 1. The minimum Gasteiger partial charge on any atom is -0.389 e. The first-order chi connectivity index (χ1) is 8.03. The van der Waals surface area contributed by atoms with Gasteiger partial charge in [0.25, 0.3) is 0 Å². The van der Waals surface area contributed by atoms with Crippen molar-refractivity contribution in [2.24, 2.45) is 5.92 Å². The molecule has 1 saturated carbocycles. The van der Waals surface area contributed by atoms with Crippen molar-refractivity contribution in [2.45, 2.75) is 44.6 Å². The van der Waals surface area contributed by atoms with E-state index in [-0.39, 0.29) is 17.9 Å². The van der Waals surface area contributed by atoms with Crippen LogP contribution in [0.4, 0.5) is 8.78 Å². The lowest BCUT2D eigenvalue weighted by atomic mass is 9.73. The molecule has 0 heterocycles. The maximum Gasteiger partial charge on any atom is 0.129 e. The van der Waals surface area contributed by atoms with Crippen molar-refractivity contribution < 1.29 is 13.9 Å². The molecule has 0 saturated heterocycles. The first-order valence-corrected chi connectivity index (χ1v) is 6.18. The molecule has 2 unspecified atom stereocenters. The fraction of sp³-hybridized carbons (Fsp3) is 0.571. The highest BCUT2D eigenvalue weighted by atomic mass is 19.1. The summed E-state index contributed by atoms with van der Waals surface area (Å²) in [4.78, 5) is 0. The van der Waals surface area contributed by atoms with Crippen molar-refractivity contribution in [3.05, 3.63) is 35.4 Å². The zero-order chi connectivity index (χ0) is 12.5. The van der Waals surface area contributed by atoms with Crippen LogP contribution >= 0.6 is 0 Å². The van der Waals surface area contributed by atoms with Gasteiger partial charge >= 0.3 is 0 Å². The van der Waals surface area contributed by atoms with E-state index in [2.05, 4.69) is 0 Å². The lowest BCUT2D eigenvalue weighted by Gasteiger charge is -2.38. The maximum atomic E-state index is 13.6. The number of hydrogen-bond acceptors (Lipinski definition) is 1. The number of halogens is 2. The van der Waals surface area contributed by atoms with Gasteiger partial charge in [-0.15, -0.1) is 0 Å². The lowest BCUT2D eigenvalue weighted by molar-refractivity contribution is -0.0416. The summed E-state index contributed by atoms with van der Waals surface area (Å²) in [5, 5.41) is 10.5. The van der Waals surface area contributed by atoms with Gasteiger partial charge in [0.2, 0.25) is 0 Å². The summed E-state index contributed by atoms with van der Waals surface area (Å²) < 4.78 is 27.1. The van der Waals surface area contributed by atoms with Gasteiger partial charge in [-0.1, -0.05) is 25.8 Å². The Bertz CT molecular complexity index is 385. The Balaban J connectivity index is 2.25. The van der Waals surface area contributed by atoms with Gasteiger partial charge in [-0.25, -0.2) is 8.78 Å². The topological polar surface area (TPSA) is 20.2 Å². The zero-order valence-electron chi connectivity index (χ0n) is 10.0. The second-order valence-electron chi connectivity index (χ2n) is 5.13. The van der Waals surface area contributed by atoms with E-state index in [0.717, 1.165) is 19.3 Å². The van der Waals surface area contributed by atoms with Crippen molar-refractivity contribution in [3.8, 4) is 0 Å². The average molecular weight is 240 g/mol. The van der Waals surface area contributed by atoms with E-state index in [0.29, 0.717) is 6.42 Å². The molecular formula is C14H18F2O. The van der Waals surface area contributed by atoms with Gasteiger partial charge in [0.05, 0.1) is 5.60 Å². The molecule has 1 aromatic rings. The molecule has 3 heteroatoms. The molecule has 1 fully saturated rings. The molecule has 2 atom stereocenters. The Morgan fingerprint density at radius 3 is 2.53 bits per heavy atom. The number of aliphatic hydroxyl groups is 1. The third kappa shape index (κ3) is 2.49. The van der Waals surface area contributed by atoms with Crippen LogP contribution in [0.1, 0.15) is 38.2 Å². The standard InChI is InChI=1S/C14H18F2O/c1-10-5-2-3-8-14(10,17)9-11-12(15)6-4-7-13(11)16/h4,6-7,10,17H,2-3,5,8-9H2,1H3. The van der Waals surface area contributed by atoms with E-state index in [4.69, 9.17) is 0 Å². The van der Waals surface area contributed by atoms with Gasteiger partial charge in [0.1, 0.15) is 11.6 Å². The van der Waals surface area contributed by atoms with Crippen molar-refractivity contribution in [3.63, 3.8) is 0 Å². The van der Waals surface area contributed by atoms with Crippen LogP contribution in [-0.4, -0.2) is 10.7 Å². The Morgan fingerprint density at radius 1 is 1.29 bits per heavy atom. The van der Waals surface area contributed by atoms with Crippen LogP contribution in [0.3, 0.4) is 0 Å². The molecule has 0 spiro atoms. The third-order valence-electron chi connectivity index (χ3n) is 3.96. The third-order valence-corrected chi connectivity index (χ3v) is 3.96. The fourth-order valence-electron chi connectivity index (χ4n) is 2.67. The van der Waals surface area contributed by atoms with Crippen LogP contribution in [0.15, 0.2) is 18.2 Å². The Morgan fingerprint density at radius 2 is 1.94 bits per heavy atom. The summed E-state index contributed by atoms with van der Waals surface area (Å²) in [6.07, 6.45) is 3.64. The Hall–Kier alpha value is -0.960. The molecule has 2 rings (SSSR count). The van der Waals surface area contributed by atoms with Crippen LogP contribution in [0, 0.1) is 17.6 Å². The largest absolute Gasteiger partial charge is 0.389 e. The van der Waals surface area contributed by atoms with Crippen molar-refractivity contribution >= 4 is 0 Å². The van der Waals surface area contributed by atoms with Crippen LogP contribution in [0.2, 0.25) is 0 Å². The maximum absolute atomic E-state index is 13.6. The molecule has 0 bridgehead atoms. The summed E-state index contributed by atoms with van der Waals surface area (Å²) in [5.41, 5.74) is -0.940. The quantitative estimate of drug-likeness (QED) is 0.839. The van der Waals surface area contributed by atoms with E-state index in [1.54, 1.807) is 0 Å². The highest BCUT2D eigenvalue weighted by Crippen LogP contribution is 2.36. The molecule has 1 aromatic carbocycles. The molecule has 0 aromatic heterocycles. The van der Waals surface area contributed by atoms with E-state index >= 15 is 0 Å². The van der Waals surface area contributed by atoms with Crippen molar-refractivity contribution in [1.82, 2.24) is 0 Å². The summed E-state index contributed by atoms with van der Waals surface area (Å²) in [5.74, 6) is -1.03. The molecule has 0 aliphatic heterocycles. The summed E-state index contributed by atoms with van der Waals surface area (Å²) in [6, 6.07) is 3.84. The van der Waals surface area contributed by atoms with Gasteiger partial charge in [-0.3, -0.25) is 0 Å². The minimum absolute atomic E-state index is 0.0174. The van der Waals surface area contributed by atoms with E-state index < -0.39 is 17.2 Å². The lowest BCUT2D eigenvalue weighted by Crippen LogP contribution is -2.41. The molecule has 17 heavy (non-hydrogen) atoms. The van der Waals surface area contributed by atoms with Gasteiger partial charge in [-0.2, -0.15) is 0 Å². The summed E-state index contributed by atoms with van der Waals surface area (Å²) in [6.45, 7) is 1.96. The second kappa shape index (κ2) is 4.73. The normalized spacial score (nSPS) is 29.3. The predicted molar refractivity (Wildman–Crippen MR) is 62.6 cm³/mol. The minimum atomic E-state index is -0.957.